The molecule has 6 nitrogen and oxygen atoms in total. The Morgan fingerprint density at radius 1 is 1.20 bits per heavy atom. The number of ether oxygens (including phenoxy) is 1. The van der Waals surface area contributed by atoms with Crippen LogP contribution in [-0.2, 0) is 9.53 Å². The number of nitrogens with zero attached hydrogens (tertiary/aromatic N) is 1. The lowest BCUT2D eigenvalue weighted by Crippen LogP contribution is -2.35. The first-order chi connectivity index (χ1) is 12.0. The Labute approximate surface area is 140 Å². The van der Waals surface area contributed by atoms with Gasteiger partial charge in [0.25, 0.3) is 5.91 Å². The third-order valence-electron chi connectivity index (χ3n) is 3.67. The smallest absolute Gasteiger partial charge is 0.333 e. The number of hydrogen-bond acceptors (Lipinski definition) is 4. The van der Waals surface area contributed by atoms with Crippen LogP contribution in [-0.4, -0.2) is 29.2 Å². The number of aromatic nitrogens is 2. The van der Waals surface area contributed by atoms with Gasteiger partial charge in [-0.05, 0) is 12.1 Å². The lowest BCUT2D eigenvalue weighted by atomic mass is 10.1. The van der Waals surface area contributed by atoms with Crippen LogP contribution in [0.5, 0.6) is 0 Å². The van der Waals surface area contributed by atoms with E-state index in [1.54, 1.807) is 24.3 Å². The molecule has 1 amide bonds. The van der Waals surface area contributed by atoms with Gasteiger partial charge in [0.05, 0.1) is 12.6 Å². The summed E-state index contributed by atoms with van der Waals surface area (Å²) in [5.74, 6) is -3.35. The average molecular weight is 345 g/mol. The number of nitrogens with one attached hydrogen (secondary N) is 2. The van der Waals surface area contributed by atoms with Crippen LogP contribution in [0.2, 0.25) is 0 Å². The summed E-state index contributed by atoms with van der Waals surface area (Å²) in [4.78, 5) is 24.5. The predicted octanol–water partition coefficient (Wildman–Crippen LogP) is 2.49. The third-order valence-corrected chi connectivity index (χ3v) is 3.67. The van der Waals surface area contributed by atoms with E-state index in [4.69, 9.17) is 0 Å². The van der Waals surface area contributed by atoms with Gasteiger partial charge in [0.2, 0.25) is 0 Å². The third kappa shape index (κ3) is 3.18. The molecule has 0 saturated heterocycles. The lowest BCUT2D eigenvalue weighted by Gasteiger charge is -2.17. The Bertz CT molecular complexity index is 955. The zero-order chi connectivity index (χ0) is 18.0. The van der Waals surface area contributed by atoms with Crippen molar-refractivity contribution in [3.8, 4) is 0 Å². The molecule has 1 heterocycles. The number of H-pyrrole nitrogens is 1. The number of benzene rings is 2. The van der Waals surface area contributed by atoms with Crippen LogP contribution in [0.3, 0.4) is 0 Å². The zero-order valence-corrected chi connectivity index (χ0v) is 13.0. The number of carbonyl (C=O) groups is 2. The van der Waals surface area contributed by atoms with Crippen molar-refractivity contribution in [1.82, 2.24) is 15.5 Å². The summed E-state index contributed by atoms with van der Waals surface area (Å²) in [5, 5.41) is 9.54. The molecule has 128 valence electrons. The number of hydrogen-bond donors (Lipinski definition) is 2. The maximum atomic E-state index is 14.0. The molecule has 8 heteroatoms. The Morgan fingerprint density at radius 2 is 1.96 bits per heavy atom. The summed E-state index contributed by atoms with van der Waals surface area (Å²) in [7, 11) is 1.10. The molecule has 0 bridgehead atoms. The molecule has 0 radical (unpaired) electrons. The minimum atomic E-state index is -1.44. The molecule has 3 rings (SSSR count). The molecular weight excluding hydrogens is 332 g/mol. The fourth-order valence-electron chi connectivity index (χ4n) is 2.45. The van der Waals surface area contributed by atoms with Crippen molar-refractivity contribution in [3.05, 3.63) is 65.4 Å². The van der Waals surface area contributed by atoms with Crippen molar-refractivity contribution in [2.24, 2.45) is 0 Å². The number of carbonyl (C=O) groups excluding carboxylic acids is 2. The zero-order valence-electron chi connectivity index (χ0n) is 13.0. The molecule has 3 aromatic rings. The summed E-state index contributed by atoms with van der Waals surface area (Å²) < 4.78 is 31.7. The Hall–Kier alpha value is -3.29. The molecule has 0 aliphatic rings. The van der Waals surface area contributed by atoms with Gasteiger partial charge in [0, 0.05) is 17.0 Å². The molecule has 0 spiro atoms. The fourth-order valence-corrected chi connectivity index (χ4v) is 2.45. The van der Waals surface area contributed by atoms with E-state index in [0.29, 0.717) is 17.0 Å². The van der Waals surface area contributed by atoms with Gasteiger partial charge in [-0.3, -0.25) is 9.89 Å². The van der Waals surface area contributed by atoms with Crippen LogP contribution in [0.15, 0.2) is 42.5 Å². The summed E-state index contributed by atoms with van der Waals surface area (Å²) in [6.07, 6.45) is 0. The monoisotopic (exact) mass is 345 g/mol. The number of esters is 1. The highest BCUT2D eigenvalue weighted by atomic mass is 19.1. The van der Waals surface area contributed by atoms with Crippen molar-refractivity contribution in [3.63, 3.8) is 0 Å². The second-order valence-corrected chi connectivity index (χ2v) is 5.21. The maximum absolute atomic E-state index is 14.0. The number of rotatable bonds is 4. The van der Waals surface area contributed by atoms with Crippen LogP contribution in [0.25, 0.3) is 10.9 Å². The molecule has 1 atom stereocenters. The normalized spacial score (nSPS) is 12.0. The first-order valence-electron chi connectivity index (χ1n) is 7.28. The van der Waals surface area contributed by atoms with E-state index in [1.807, 2.05) is 0 Å². The number of para-hydroxylation sites is 1. The summed E-state index contributed by atoms with van der Waals surface area (Å²) >= 11 is 0. The van der Waals surface area contributed by atoms with Crippen LogP contribution < -0.4 is 5.32 Å². The van der Waals surface area contributed by atoms with Gasteiger partial charge >= 0.3 is 5.97 Å². The Balaban J connectivity index is 1.95. The molecule has 0 unspecified atom stereocenters. The quantitative estimate of drug-likeness (QED) is 0.712. The summed E-state index contributed by atoms with van der Waals surface area (Å²) in [6, 6.07) is 8.17. The highest BCUT2D eigenvalue weighted by Crippen LogP contribution is 2.21. The van der Waals surface area contributed by atoms with E-state index in [0.717, 1.165) is 19.2 Å². The number of halogens is 2. The predicted molar refractivity (Wildman–Crippen MR) is 84.7 cm³/mol. The average Bonchev–Trinajstić information content (AvgIpc) is 3.03. The van der Waals surface area contributed by atoms with Gasteiger partial charge in [0.15, 0.2) is 11.7 Å². The van der Waals surface area contributed by atoms with Gasteiger partial charge in [-0.1, -0.05) is 24.3 Å². The SMILES string of the molecule is COC(=O)[C@H](NC(=O)c1n[nH]c2ccccc12)c1ccc(F)cc1F. The van der Waals surface area contributed by atoms with Crippen LogP contribution in [0, 0.1) is 11.6 Å². The van der Waals surface area contributed by atoms with E-state index in [9.17, 15) is 18.4 Å². The minimum Gasteiger partial charge on any atom is -0.467 e. The molecular formula is C17H13F2N3O3. The van der Waals surface area contributed by atoms with Crippen LogP contribution in [0.1, 0.15) is 22.1 Å². The first kappa shape index (κ1) is 16.6. The van der Waals surface area contributed by atoms with Crippen molar-refractivity contribution in [1.29, 1.82) is 0 Å². The van der Waals surface area contributed by atoms with E-state index in [2.05, 4.69) is 20.3 Å². The second-order valence-electron chi connectivity index (χ2n) is 5.21. The van der Waals surface area contributed by atoms with Gasteiger partial charge in [0.1, 0.15) is 11.6 Å². The summed E-state index contributed by atoms with van der Waals surface area (Å²) in [5.41, 5.74) is 0.476. The van der Waals surface area contributed by atoms with Crippen molar-refractivity contribution < 1.29 is 23.1 Å². The Morgan fingerprint density at radius 3 is 2.68 bits per heavy atom. The van der Waals surface area contributed by atoms with Gasteiger partial charge in [-0.15, -0.1) is 0 Å². The second kappa shape index (κ2) is 6.68. The van der Waals surface area contributed by atoms with Crippen molar-refractivity contribution >= 4 is 22.8 Å². The summed E-state index contributed by atoms with van der Waals surface area (Å²) in [6.45, 7) is 0. The maximum Gasteiger partial charge on any atom is 0.333 e. The number of fused-ring (bicyclic) bond motifs is 1. The van der Waals surface area contributed by atoms with E-state index >= 15 is 0 Å². The van der Waals surface area contributed by atoms with Gasteiger partial charge in [-0.2, -0.15) is 5.10 Å². The van der Waals surface area contributed by atoms with E-state index < -0.39 is 29.6 Å². The lowest BCUT2D eigenvalue weighted by molar-refractivity contribution is -0.143. The number of methoxy groups -OCH3 is 1. The van der Waals surface area contributed by atoms with Crippen LogP contribution >= 0.6 is 0 Å². The van der Waals surface area contributed by atoms with Crippen LogP contribution in [0.4, 0.5) is 8.78 Å². The topological polar surface area (TPSA) is 84.1 Å². The molecule has 0 fully saturated rings. The van der Waals surface area contributed by atoms with Crippen molar-refractivity contribution in [2.75, 3.05) is 7.11 Å². The van der Waals surface area contributed by atoms with Gasteiger partial charge < -0.3 is 10.1 Å². The van der Waals surface area contributed by atoms with E-state index in [-0.39, 0.29) is 11.3 Å². The highest BCUT2D eigenvalue weighted by molar-refractivity contribution is 6.05. The number of aromatic amines is 1. The largest absolute Gasteiger partial charge is 0.467 e. The molecule has 2 N–H and O–H groups in total. The molecule has 0 aliphatic carbocycles. The first-order valence-corrected chi connectivity index (χ1v) is 7.28. The number of amides is 1. The molecule has 1 aromatic heterocycles. The minimum absolute atomic E-state index is 0.0482. The van der Waals surface area contributed by atoms with Gasteiger partial charge in [-0.25, -0.2) is 13.6 Å². The molecule has 25 heavy (non-hydrogen) atoms. The highest BCUT2D eigenvalue weighted by Gasteiger charge is 2.28. The fraction of sp³-hybridized carbons (Fsp3) is 0.118. The molecule has 0 saturated carbocycles. The standard InChI is InChI=1S/C17H13F2N3O3/c1-25-17(24)15(10-7-6-9(18)8-12(10)19)20-16(23)14-11-4-2-3-5-13(11)21-22-14/h2-8,15H,1H3,(H,20,23)(H,21,22)/t15-/m1/s1. The van der Waals surface area contributed by atoms with Crippen molar-refractivity contribution in [2.45, 2.75) is 6.04 Å². The molecule has 0 aliphatic heterocycles. The Kier molecular flexibility index (Phi) is 4.42. The molecule has 2 aromatic carbocycles. The van der Waals surface area contributed by atoms with E-state index in [1.165, 1.54) is 0 Å².